The second kappa shape index (κ2) is 11.3. The van der Waals surface area contributed by atoms with E-state index < -0.39 is 0 Å². The average Bonchev–Trinajstić information content (AvgIpc) is 3.33. The maximum atomic E-state index is 4.91. The van der Waals surface area contributed by atoms with Gasteiger partial charge in [-0.05, 0) is 66.0 Å². The molecule has 4 rings (SSSR count). The highest BCUT2D eigenvalue weighted by Crippen LogP contribution is 2.47. The molecule has 1 saturated carbocycles. The number of piperidine rings is 1. The van der Waals surface area contributed by atoms with E-state index in [1.54, 1.807) is 11.3 Å². The molecule has 0 spiro atoms. The molecule has 158 valence electrons. The lowest BCUT2D eigenvalue weighted by atomic mass is 10.0. The van der Waals surface area contributed by atoms with Crippen molar-refractivity contribution in [1.29, 1.82) is 0 Å². The highest BCUT2D eigenvalue weighted by molar-refractivity contribution is 14.0. The zero-order valence-electron chi connectivity index (χ0n) is 17.2. The van der Waals surface area contributed by atoms with E-state index in [1.807, 2.05) is 0 Å². The number of nitrogens with zero attached hydrogens (tertiary/aromatic N) is 2. The number of aliphatic imine (C=N–C) groups is 1. The SMILES string of the molecule is CCNC(=NCC1CC1c1ccccc1)NC1CCN(Cc2ccsc2)CC1.I. The highest BCUT2D eigenvalue weighted by Gasteiger charge is 2.37. The van der Waals surface area contributed by atoms with E-state index in [1.165, 1.54) is 30.4 Å². The van der Waals surface area contributed by atoms with Gasteiger partial charge in [-0.2, -0.15) is 11.3 Å². The summed E-state index contributed by atoms with van der Waals surface area (Å²) in [5.74, 6) is 2.40. The molecule has 1 aromatic carbocycles. The first-order chi connectivity index (χ1) is 13.8. The smallest absolute Gasteiger partial charge is 0.191 e. The largest absolute Gasteiger partial charge is 0.357 e. The molecule has 1 aliphatic heterocycles. The van der Waals surface area contributed by atoms with Crippen LogP contribution in [0.25, 0.3) is 0 Å². The molecule has 1 saturated heterocycles. The molecule has 2 aliphatic rings. The predicted molar refractivity (Wildman–Crippen MR) is 134 cm³/mol. The molecule has 1 aromatic heterocycles. The Morgan fingerprint density at radius 2 is 1.97 bits per heavy atom. The summed E-state index contributed by atoms with van der Waals surface area (Å²) in [7, 11) is 0. The van der Waals surface area contributed by atoms with Crippen LogP contribution in [0.4, 0.5) is 0 Å². The van der Waals surface area contributed by atoms with Crippen LogP contribution in [0.2, 0.25) is 0 Å². The maximum Gasteiger partial charge on any atom is 0.191 e. The zero-order valence-corrected chi connectivity index (χ0v) is 20.4. The van der Waals surface area contributed by atoms with Crippen molar-refractivity contribution in [2.75, 3.05) is 26.2 Å². The van der Waals surface area contributed by atoms with Crippen LogP contribution in [0.5, 0.6) is 0 Å². The van der Waals surface area contributed by atoms with Gasteiger partial charge in [0.25, 0.3) is 0 Å². The Labute approximate surface area is 196 Å². The summed E-state index contributed by atoms with van der Waals surface area (Å²) in [6.07, 6.45) is 3.64. The van der Waals surface area contributed by atoms with Crippen LogP contribution < -0.4 is 10.6 Å². The Morgan fingerprint density at radius 3 is 2.66 bits per heavy atom. The van der Waals surface area contributed by atoms with Gasteiger partial charge in [-0.3, -0.25) is 9.89 Å². The zero-order chi connectivity index (χ0) is 19.2. The summed E-state index contributed by atoms with van der Waals surface area (Å²) in [5, 5.41) is 11.6. The third-order valence-corrected chi connectivity index (χ3v) is 6.63. The topological polar surface area (TPSA) is 39.7 Å². The van der Waals surface area contributed by atoms with Gasteiger partial charge in [0.15, 0.2) is 5.96 Å². The van der Waals surface area contributed by atoms with Gasteiger partial charge in [0.05, 0.1) is 0 Å². The maximum absolute atomic E-state index is 4.91. The number of guanidine groups is 1. The van der Waals surface area contributed by atoms with E-state index in [0.717, 1.165) is 38.7 Å². The summed E-state index contributed by atoms with van der Waals surface area (Å²) in [6, 6.07) is 13.7. The van der Waals surface area contributed by atoms with Crippen molar-refractivity contribution in [1.82, 2.24) is 15.5 Å². The fourth-order valence-corrected chi connectivity index (χ4v) is 4.82. The number of nitrogens with one attached hydrogen (secondary N) is 2. The van der Waals surface area contributed by atoms with Gasteiger partial charge in [0.2, 0.25) is 0 Å². The number of halogens is 1. The normalized spacial score (nSPS) is 22.7. The summed E-state index contributed by atoms with van der Waals surface area (Å²) >= 11 is 1.79. The molecule has 29 heavy (non-hydrogen) atoms. The lowest BCUT2D eigenvalue weighted by Gasteiger charge is -2.33. The van der Waals surface area contributed by atoms with Crippen molar-refractivity contribution in [2.24, 2.45) is 10.9 Å². The van der Waals surface area contributed by atoms with Crippen LogP contribution in [-0.4, -0.2) is 43.1 Å². The van der Waals surface area contributed by atoms with Gasteiger partial charge in [-0.25, -0.2) is 0 Å². The lowest BCUT2D eigenvalue weighted by Crippen LogP contribution is -2.48. The molecular formula is C23H33IN4S. The fourth-order valence-electron chi connectivity index (χ4n) is 4.16. The molecule has 2 fully saturated rings. The van der Waals surface area contributed by atoms with Crippen LogP contribution in [0.1, 0.15) is 43.2 Å². The van der Waals surface area contributed by atoms with Gasteiger partial charge in [0, 0.05) is 38.8 Å². The quantitative estimate of drug-likeness (QED) is 0.314. The minimum Gasteiger partial charge on any atom is -0.357 e. The van der Waals surface area contributed by atoms with Gasteiger partial charge in [0.1, 0.15) is 0 Å². The highest BCUT2D eigenvalue weighted by atomic mass is 127. The summed E-state index contributed by atoms with van der Waals surface area (Å²) in [5.41, 5.74) is 2.92. The van der Waals surface area contributed by atoms with Crippen molar-refractivity contribution in [3.05, 3.63) is 58.3 Å². The fraction of sp³-hybridized carbons (Fsp3) is 0.522. The third kappa shape index (κ3) is 6.69. The van der Waals surface area contributed by atoms with Crippen molar-refractivity contribution in [3.63, 3.8) is 0 Å². The average molecular weight is 525 g/mol. The Morgan fingerprint density at radius 1 is 1.17 bits per heavy atom. The Kier molecular flexibility index (Phi) is 8.81. The van der Waals surface area contributed by atoms with Crippen molar-refractivity contribution < 1.29 is 0 Å². The number of likely N-dealkylation sites (tertiary alicyclic amines) is 1. The monoisotopic (exact) mass is 524 g/mol. The molecule has 0 bridgehead atoms. The molecule has 1 aliphatic carbocycles. The molecule has 0 radical (unpaired) electrons. The van der Waals surface area contributed by atoms with E-state index in [0.29, 0.717) is 17.9 Å². The molecule has 2 heterocycles. The summed E-state index contributed by atoms with van der Waals surface area (Å²) < 4.78 is 0. The third-order valence-electron chi connectivity index (χ3n) is 5.89. The standard InChI is InChI=1S/C23H32N4S.HI/c1-2-24-23(25-15-20-14-22(20)19-6-4-3-5-7-19)26-21-8-11-27(12-9-21)16-18-10-13-28-17-18;/h3-7,10,13,17,20-22H,2,8-9,11-12,14-16H2,1H3,(H2,24,25,26);1H. The Hall–Kier alpha value is -1.12. The molecule has 2 unspecified atom stereocenters. The molecule has 4 nitrogen and oxygen atoms in total. The van der Waals surface area contributed by atoms with Crippen molar-refractivity contribution >= 4 is 41.3 Å². The summed E-state index contributed by atoms with van der Waals surface area (Å²) in [4.78, 5) is 7.48. The number of thiophene rings is 1. The van der Waals surface area contributed by atoms with Gasteiger partial charge < -0.3 is 10.6 Å². The second-order valence-corrected chi connectivity index (χ2v) is 8.84. The minimum absolute atomic E-state index is 0. The number of hydrogen-bond acceptors (Lipinski definition) is 3. The molecule has 6 heteroatoms. The first kappa shape index (κ1) is 22.6. The molecular weight excluding hydrogens is 491 g/mol. The molecule has 2 aromatic rings. The minimum atomic E-state index is 0. The molecule has 0 amide bonds. The van der Waals surface area contributed by atoms with E-state index >= 15 is 0 Å². The number of rotatable bonds is 7. The number of benzene rings is 1. The van der Waals surface area contributed by atoms with Crippen LogP contribution >= 0.6 is 35.3 Å². The molecule has 2 atom stereocenters. The van der Waals surface area contributed by atoms with Crippen LogP contribution in [-0.2, 0) is 6.54 Å². The van der Waals surface area contributed by atoms with Crippen LogP contribution in [0.3, 0.4) is 0 Å². The van der Waals surface area contributed by atoms with Crippen molar-refractivity contribution in [2.45, 2.75) is 44.7 Å². The first-order valence-electron chi connectivity index (χ1n) is 10.6. The summed E-state index contributed by atoms with van der Waals surface area (Å²) in [6.45, 7) is 7.39. The van der Waals surface area contributed by atoms with Gasteiger partial charge in [-0.1, -0.05) is 30.3 Å². The lowest BCUT2D eigenvalue weighted by molar-refractivity contribution is 0.198. The van der Waals surface area contributed by atoms with E-state index in [9.17, 15) is 0 Å². The van der Waals surface area contributed by atoms with Gasteiger partial charge in [-0.15, -0.1) is 24.0 Å². The van der Waals surface area contributed by atoms with Crippen molar-refractivity contribution in [3.8, 4) is 0 Å². The Balaban J connectivity index is 0.00000240. The van der Waals surface area contributed by atoms with E-state index in [-0.39, 0.29) is 24.0 Å². The Bertz CT molecular complexity index is 742. The molecule has 2 N–H and O–H groups in total. The second-order valence-electron chi connectivity index (χ2n) is 8.06. The van der Waals surface area contributed by atoms with Crippen LogP contribution in [0, 0.1) is 5.92 Å². The van der Waals surface area contributed by atoms with Crippen LogP contribution in [0.15, 0.2) is 52.2 Å². The van der Waals surface area contributed by atoms with E-state index in [2.05, 4.69) is 69.6 Å². The van der Waals surface area contributed by atoms with Gasteiger partial charge >= 0.3 is 0 Å². The number of hydrogen-bond donors (Lipinski definition) is 2. The predicted octanol–water partition coefficient (Wildman–Crippen LogP) is 4.69. The first-order valence-corrected chi connectivity index (χ1v) is 11.6. The van der Waals surface area contributed by atoms with E-state index in [4.69, 9.17) is 4.99 Å².